The predicted octanol–water partition coefficient (Wildman–Crippen LogP) is 9.34. The number of imide groups is 1. The standard InChI is InChI=1S/C40H54N2O5.C3H6.3C2H2/c1-36(2)27(24-8-10-25(11-9-24)35(46)47)14-17-37(3)30(36)15-18-39(5)31(37)13-12-28-29-7-6-16-40(29,20-19-38(28,39)4)23-41-34(45)26-21-32(43)42-33(44)22-26;1-3-2;3*1-2/h8-11,14,26,28-31H,6-7,12-13,15-23H2,1-5H3,(H,41,45)(H,46,47)(H,42,43,44);3H,1H2,2H3;3*1-2H/t28-,29?,30?,31?,37+,38-,39-,40-;;;;/m1..../s1. The third kappa shape index (κ3) is 7.87. The summed E-state index contributed by atoms with van der Waals surface area (Å²) in [5.74, 6) is 0.199. The molecule has 0 radical (unpaired) electrons. The van der Waals surface area contributed by atoms with Crippen molar-refractivity contribution in [3.63, 3.8) is 0 Å². The Balaban J connectivity index is 0.000000867. The van der Waals surface area contributed by atoms with Gasteiger partial charge >= 0.3 is 5.97 Å². The number of carbonyl (C=O) groups is 4. The van der Waals surface area contributed by atoms with Crippen LogP contribution >= 0.6 is 0 Å². The molecule has 8 atom stereocenters. The zero-order valence-electron chi connectivity index (χ0n) is 34.8. The van der Waals surface area contributed by atoms with Crippen molar-refractivity contribution in [2.24, 2.45) is 56.7 Å². The number of fused-ring (bicyclic) bond motifs is 7. The second-order valence-electron chi connectivity index (χ2n) is 18.2. The third-order valence-electron chi connectivity index (χ3n) is 15.7. The highest BCUT2D eigenvalue weighted by atomic mass is 16.4. The molecule has 5 fully saturated rings. The Morgan fingerprint density at radius 3 is 1.98 bits per heavy atom. The number of carbonyl (C=O) groups excluding carboxylic acids is 3. The SMILES string of the molecule is C#C.C#C.C#C.C=CC.CC1(C)C(c2ccc(C(=O)O)cc2)=CC[C@@]2(C)C1CC[C@]1(C)C2CC[C@@H]2C3CCC[C@]3(CNC(=O)C3CC(=O)NC(=O)C3)CC[C@]21C. The normalized spacial score (nSPS) is 34.8. The van der Waals surface area contributed by atoms with E-state index in [2.05, 4.69) is 96.4 Å². The summed E-state index contributed by atoms with van der Waals surface area (Å²) in [7, 11) is 0. The third-order valence-corrected chi connectivity index (χ3v) is 15.7. The number of hydrogen-bond acceptors (Lipinski definition) is 4. The smallest absolute Gasteiger partial charge is 0.335 e. The first-order valence-electron chi connectivity index (χ1n) is 20.3. The van der Waals surface area contributed by atoms with Crippen molar-refractivity contribution >= 4 is 29.3 Å². The molecule has 7 nitrogen and oxygen atoms in total. The summed E-state index contributed by atoms with van der Waals surface area (Å²) in [6.45, 7) is 18.7. The van der Waals surface area contributed by atoms with E-state index < -0.39 is 11.9 Å². The Bertz CT molecular complexity index is 1680. The van der Waals surface area contributed by atoms with Gasteiger partial charge in [0, 0.05) is 19.4 Å². The number of benzene rings is 1. The highest BCUT2D eigenvalue weighted by Gasteiger charge is 2.69. The van der Waals surface area contributed by atoms with Crippen molar-refractivity contribution < 1.29 is 24.3 Å². The highest BCUT2D eigenvalue weighted by molar-refractivity contribution is 6.02. The van der Waals surface area contributed by atoms with Gasteiger partial charge in [-0.25, -0.2) is 4.79 Å². The van der Waals surface area contributed by atoms with Crippen LogP contribution in [0.2, 0.25) is 0 Å². The van der Waals surface area contributed by atoms with Gasteiger partial charge in [-0.15, -0.1) is 45.1 Å². The van der Waals surface area contributed by atoms with Gasteiger partial charge in [0.2, 0.25) is 17.7 Å². The number of rotatable bonds is 5. The average molecular weight is 763 g/mol. The molecule has 4 saturated carbocycles. The molecule has 3 N–H and O–H groups in total. The van der Waals surface area contributed by atoms with Gasteiger partial charge in [0.05, 0.1) is 11.5 Å². The van der Waals surface area contributed by atoms with E-state index in [1.54, 1.807) is 18.2 Å². The Labute approximate surface area is 337 Å². The van der Waals surface area contributed by atoms with Gasteiger partial charge in [-0.1, -0.05) is 65.3 Å². The van der Waals surface area contributed by atoms with Crippen LogP contribution in [0.5, 0.6) is 0 Å². The van der Waals surface area contributed by atoms with Crippen LogP contribution in [0.1, 0.15) is 135 Å². The lowest BCUT2D eigenvalue weighted by Gasteiger charge is -2.72. The first-order chi connectivity index (χ1) is 26.6. The number of carboxylic acid groups (broad SMARTS) is 1. The zero-order valence-corrected chi connectivity index (χ0v) is 34.8. The molecule has 3 amide bonds. The van der Waals surface area contributed by atoms with Crippen molar-refractivity contribution in [2.75, 3.05) is 6.54 Å². The molecule has 1 aliphatic heterocycles. The molecule has 6 aliphatic rings. The topological polar surface area (TPSA) is 113 Å². The first-order valence-corrected chi connectivity index (χ1v) is 20.3. The van der Waals surface area contributed by atoms with E-state index >= 15 is 0 Å². The average Bonchev–Trinajstić information content (AvgIpc) is 3.61. The van der Waals surface area contributed by atoms with Crippen LogP contribution in [0.4, 0.5) is 0 Å². The van der Waals surface area contributed by atoms with Crippen LogP contribution in [0.15, 0.2) is 43.0 Å². The summed E-state index contributed by atoms with van der Waals surface area (Å²) in [5, 5.41) is 15.0. The summed E-state index contributed by atoms with van der Waals surface area (Å²) >= 11 is 0. The van der Waals surface area contributed by atoms with Gasteiger partial charge in [-0.2, -0.15) is 0 Å². The molecule has 3 unspecified atom stereocenters. The summed E-state index contributed by atoms with van der Waals surface area (Å²) in [6.07, 6.45) is 40.4. The van der Waals surface area contributed by atoms with Gasteiger partial charge in [0.15, 0.2) is 0 Å². The van der Waals surface area contributed by atoms with Gasteiger partial charge < -0.3 is 10.4 Å². The quantitative estimate of drug-likeness (QED) is 0.157. The van der Waals surface area contributed by atoms with Gasteiger partial charge in [0.1, 0.15) is 0 Å². The minimum absolute atomic E-state index is 0.00811. The van der Waals surface area contributed by atoms with Gasteiger partial charge in [-0.05, 0) is 139 Å². The van der Waals surface area contributed by atoms with Crippen molar-refractivity contribution in [1.29, 1.82) is 0 Å². The summed E-state index contributed by atoms with van der Waals surface area (Å²) in [5.41, 5.74) is 3.67. The number of carboxylic acids is 1. The maximum absolute atomic E-state index is 13.2. The van der Waals surface area contributed by atoms with Gasteiger partial charge in [0.25, 0.3) is 0 Å². The second-order valence-corrected chi connectivity index (χ2v) is 18.2. The Morgan fingerprint density at radius 1 is 0.821 bits per heavy atom. The maximum atomic E-state index is 13.2. The van der Waals surface area contributed by atoms with E-state index in [9.17, 15) is 24.3 Å². The monoisotopic (exact) mass is 762 g/mol. The van der Waals surface area contributed by atoms with E-state index in [4.69, 9.17) is 0 Å². The van der Waals surface area contributed by atoms with E-state index in [1.165, 1.54) is 50.5 Å². The van der Waals surface area contributed by atoms with Crippen LogP contribution in [0.25, 0.3) is 5.57 Å². The lowest BCUT2D eigenvalue weighted by molar-refractivity contribution is -0.222. The predicted molar refractivity (Wildman–Crippen MR) is 226 cm³/mol. The number of aromatic carboxylic acids is 1. The fraction of sp³-hybridized carbons (Fsp3) is 0.592. The molecular formula is C49H66N2O5. The van der Waals surface area contributed by atoms with Crippen LogP contribution < -0.4 is 10.6 Å². The van der Waals surface area contributed by atoms with Crippen molar-refractivity contribution in [2.45, 2.75) is 119 Å². The van der Waals surface area contributed by atoms with Crippen LogP contribution in [-0.2, 0) is 14.4 Å². The molecule has 1 aromatic carbocycles. The van der Waals surface area contributed by atoms with Crippen LogP contribution in [0.3, 0.4) is 0 Å². The maximum Gasteiger partial charge on any atom is 0.335 e. The first kappa shape index (κ1) is 45.8. The van der Waals surface area contributed by atoms with Crippen LogP contribution in [-0.4, -0.2) is 35.3 Å². The second kappa shape index (κ2) is 18.2. The van der Waals surface area contributed by atoms with E-state index in [0.29, 0.717) is 35.8 Å². The minimum Gasteiger partial charge on any atom is -0.478 e. The van der Waals surface area contributed by atoms with Crippen molar-refractivity contribution in [3.05, 3.63) is 54.1 Å². The molecule has 1 heterocycles. The molecule has 56 heavy (non-hydrogen) atoms. The summed E-state index contributed by atoms with van der Waals surface area (Å²) in [4.78, 5) is 48.6. The van der Waals surface area contributed by atoms with E-state index in [0.717, 1.165) is 24.8 Å². The van der Waals surface area contributed by atoms with Gasteiger partial charge in [-0.3, -0.25) is 19.7 Å². The molecule has 0 aromatic heterocycles. The number of allylic oxidation sites excluding steroid dienone is 3. The van der Waals surface area contributed by atoms with E-state index in [-0.39, 0.29) is 57.6 Å². The number of nitrogens with one attached hydrogen (secondary N) is 2. The number of hydrogen-bond donors (Lipinski definition) is 3. The molecule has 0 bridgehead atoms. The lowest BCUT2D eigenvalue weighted by Crippen LogP contribution is -2.65. The number of terminal acetylenes is 3. The Morgan fingerprint density at radius 2 is 1.41 bits per heavy atom. The minimum atomic E-state index is -0.883. The molecule has 302 valence electrons. The summed E-state index contributed by atoms with van der Waals surface area (Å²) in [6, 6.07) is 7.50. The molecule has 5 aliphatic carbocycles. The molecule has 7 heteroatoms. The molecule has 1 aromatic rings. The Hall–Kier alpha value is -4.54. The molecular weight excluding hydrogens is 697 g/mol. The molecule has 7 rings (SSSR count). The molecule has 1 saturated heterocycles. The number of amides is 3. The van der Waals surface area contributed by atoms with Crippen molar-refractivity contribution in [3.8, 4) is 38.5 Å². The zero-order chi connectivity index (χ0) is 42.3. The fourth-order valence-corrected chi connectivity index (χ4v) is 13.3. The lowest BCUT2D eigenvalue weighted by atomic mass is 9.32. The van der Waals surface area contributed by atoms with Crippen LogP contribution in [0, 0.1) is 95.2 Å². The van der Waals surface area contributed by atoms with E-state index in [1.807, 2.05) is 19.1 Å². The Kier molecular flexibility index (Phi) is 14.9. The largest absolute Gasteiger partial charge is 0.478 e. The summed E-state index contributed by atoms with van der Waals surface area (Å²) < 4.78 is 0. The number of piperidine rings is 1. The van der Waals surface area contributed by atoms with Crippen molar-refractivity contribution in [1.82, 2.24) is 10.6 Å². The highest BCUT2D eigenvalue weighted by Crippen LogP contribution is 2.77. The fourth-order valence-electron chi connectivity index (χ4n) is 13.3. The molecule has 0 spiro atoms.